The van der Waals surface area contributed by atoms with Gasteiger partial charge in [0, 0.05) is 0 Å². The Labute approximate surface area is 113 Å². The van der Waals surface area contributed by atoms with E-state index >= 15 is 0 Å². The van der Waals surface area contributed by atoms with E-state index < -0.39 is 0 Å². The lowest BCUT2D eigenvalue weighted by atomic mass is 10.2. The average Bonchev–Trinajstić information content (AvgIpc) is 2.25. The summed E-state index contributed by atoms with van der Waals surface area (Å²) in [4.78, 5) is 4.04. The molecule has 0 amide bonds. The maximum Gasteiger partial charge on any atom is 0.238 e. The van der Waals surface area contributed by atoms with Gasteiger partial charge in [0.05, 0.1) is 16.4 Å². The lowest BCUT2D eigenvalue weighted by Crippen LogP contribution is -1.92. The molecule has 1 heterocycles. The largest absolute Gasteiger partial charge is 0.436 e. The summed E-state index contributed by atoms with van der Waals surface area (Å²) in [6.07, 6.45) is 1.50. The smallest absolute Gasteiger partial charge is 0.238 e. The average molecular weight is 314 g/mol. The number of rotatable bonds is 2. The molecule has 0 aliphatic carbocycles. The molecule has 0 saturated carbocycles. The second kappa shape index (κ2) is 4.94. The highest BCUT2D eigenvalue weighted by molar-refractivity contribution is 9.10. The molecule has 88 valence electrons. The van der Waals surface area contributed by atoms with Crippen LogP contribution in [0.25, 0.3) is 0 Å². The van der Waals surface area contributed by atoms with E-state index in [1.807, 2.05) is 25.1 Å². The third kappa shape index (κ3) is 2.90. The molecule has 0 aliphatic heterocycles. The number of halogens is 2. The van der Waals surface area contributed by atoms with Crippen molar-refractivity contribution in [3.8, 4) is 11.6 Å². The normalized spacial score (nSPS) is 10.3. The van der Waals surface area contributed by atoms with Crippen molar-refractivity contribution in [3.63, 3.8) is 0 Å². The van der Waals surface area contributed by atoms with Crippen LogP contribution in [0.5, 0.6) is 11.6 Å². The van der Waals surface area contributed by atoms with Gasteiger partial charge in [0.1, 0.15) is 10.8 Å². The first kappa shape index (κ1) is 12.2. The van der Waals surface area contributed by atoms with Crippen molar-refractivity contribution in [2.75, 3.05) is 5.73 Å². The highest BCUT2D eigenvalue weighted by atomic mass is 79.9. The van der Waals surface area contributed by atoms with E-state index in [9.17, 15) is 0 Å². The van der Waals surface area contributed by atoms with Crippen molar-refractivity contribution < 1.29 is 4.74 Å². The van der Waals surface area contributed by atoms with Crippen LogP contribution in [0.3, 0.4) is 0 Å². The van der Waals surface area contributed by atoms with Crippen LogP contribution in [0.4, 0.5) is 5.69 Å². The molecule has 2 aromatic rings. The van der Waals surface area contributed by atoms with Crippen LogP contribution in [0.15, 0.2) is 34.9 Å². The summed E-state index contributed by atoms with van der Waals surface area (Å²) in [7, 11) is 0. The van der Waals surface area contributed by atoms with Gasteiger partial charge in [-0.15, -0.1) is 0 Å². The number of aromatic nitrogens is 1. The van der Waals surface area contributed by atoms with Crippen LogP contribution in [0, 0.1) is 6.92 Å². The van der Waals surface area contributed by atoms with Crippen molar-refractivity contribution in [1.82, 2.24) is 4.98 Å². The van der Waals surface area contributed by atoms with Crippen LogP contribution in [0.2, 0.25) is 5.02 Å². The lowest BCUT2D eigenvalue weighted by Gasteiger charge is -2.09. The highest BCUT2D eigenvalue weighted by Crippen LogP contribution is 2.33. The molecule has 0 spiro atoms. The van der Waals surface area contributed by atoms with Gasteiger partial charge in [-0.2, -0.15) is 0 Å². The summed E-state index contributed by atoms with van der Waals surface area (Å²) in [5.41, 5.74) is 7.20. The van der Waals surface area contributed by atoms with Crippen LogP contribution < -0.4 is 10.5 Å². The number of nitrogen functional groups attached to an aromatic ring is 1. The van der Waals surface area contributed by atoms with Gasteiger partial charge >= 0.3 is 0 Å². The summed E-state index contributed by atoms with van der Waals surface area (Å²) < 4.78 is 6.46. The fraction of sp³-hybridized carbons (Fsp3) is 0.0833. The Balaban J connectivity index is 2.31. The monoisotopic (exact) mass is 312 g/mol. The van der Waals surface area contributed by atoms with E-state index in [1.54, 1.807) is 6.07 Å². The van der Waals surface area contributed by atoms with Gasteiger partial charge < -0.3 is 10.5 Å². The maximum atomic E-state index is 5.98. The summed E-state index contributed by atoms with van der Waals surface area (Å²) in [5, 5.41) is 0.387. The minimum atomic E-state index is 0.338. The third-order valence-corrected chi connectivity index (χ3v) is 3.01. The first-order valence-electron chi connectivity index (χ1n) is 4.91. The number of aryl methyl sites for hydroxylation is 1. The highest BCUT2D eigenvalue weighted by Gasteiger charge is 2.08. The first-order valence-corrected chi connectivity index (χ1v) is 6.08. The predicted octanol–water partition coefficient (Wildman–Crippen LogP) is 4.18. The number of benzene rings is 1. The third-order valence-electron chi connectivity index (χ3n) is 2.12. The zero-order valence-electron chi connectivity index (χ0n) is 9.08. The molecular weight excluding hydrogens is 304 g/mol. The summed E-state index contributed by atoms with van der Waals surface area (Å²) in [6, 6.07) is 7.37. The fourth-order valence-electron chi connectivity index (χ4n) is 1.31. The first-order chi connectivity index (χ1) is 8.06. The molecular formula is C12H10BrClN2O. The lowest BCUT2D eigenvalue weighted by molar-refractivity contribution is 0.460. The van der Waals surface area contributed by atoms with Gasteiger partial charge in [-0.3, -0.25) is 0 Å². The Bertz CT molecular complexity index is 511. The topological polar surface area (TPSA) is 48.1 Å². The predicted molar refractivity (Wildman–Crippen MR) is 72.6 cm³/mol. The zero-order valence-corrected chi connectivity index (χ0v) is 11.4. The standard InChI is InChI=1S/C12H10BrClN2O/c1-7-2-3-11(9(13)4-7)17-12-10(14)5-8(15)6-16-12/h2-6H,15H2,1H3. The molecule has 1 aromatic heterocycles. The number of nitrogens with two attached hydrogens (primary N) is 1. The molecule has 17 heavy (non-hydrogen) atoms. The van der Waals surface area contributed by atoms with Crippen LogP contribution in [-0.4, -0.2) is 4.98 Å². The van der Waals surface area contributed by atoms with E-state index in [-0.39, 0.29) is 0 Å². The minimum Gasteiger partial charge on any atom is -0.436 e. The molecule has 0 radical (unpaired) electrons. The second-order valence-corrected chi connectivity index (χ2v) is 4.85. The number of pyridine rings is 1. The summed E-state index contributed by atoms with van der Waals surface area (Å²) >= 11 is 9.40. The van der Waals surface area contributed by atoms with E-state index in [1.165, 1.54) is 6.20 Å². The quantitative estimate of drug-likeness (QED) is 0.904. The van der Waals surface area contributed by atoms with Gasteiger partial charge in [-0.05, 0) is 46.6 Å². The van der Waals surface area contributed by atoms with Crippen molar-refractivity contribution in [2.24, 2.45) is 0 Å². The van der Waals surface area contributed by atoms with E-state index in [2.05, 4.69) is 20.9 Å². The number of anilines is 1. The molecule has 2 rings (SSSR count). The van der Waals surface area contributed by atoms with E-state index in [4.69, 9.17) is 22.1 Å². The van der Waals surface area contributed by atoms with Crippen molar-refractivity contribution in [2.45, 2.75) is 6.92 Å². The molecule has 2 N–H and O–H groups in total. The van der Waals surface area contributed by atoms with Gasteiger partial charge in [0.25, 0.3) is 0 Å². The van der Waals surface area contributed by atoms with Crippen molar-refractivity contribution >= 4 is 33.2 Å². The SMILES string of the molecule is Cc1ccc(Oc2ncc(N)cc2Cl)c(Br)c1. The van der Waals surface area contributed by atoms with E-state index in [0.29, 0.717) is 22.3 Å². The molecule has 0 bridgehead atoms. The van der Waals surface area contributed by atoms with Gasteiger partial charge in [0.15, 0.2) is 0 Å². The Morgan fingerprint density at radius 2 is 2.12 bits per heavy atom. The second-order valence-electron chi connectivity index (χ2n) is 3.59. The van der Waals surface area contributed by atoms with Crippen molar-refractivity contribution in [3.05, 3.63) is 45.5 Å². The summed E-state index contributed by atoms with van der Waals surface area (Å²) in [6.45, 7) is 2.00. The molecule has 3 nitrogen and oxygen atoms in total. The molecule has 1 aromatic carbocycles. The molecule has 0 fully saturated rings. The molecule has 0 aliphatic rings. The molecule has 0 atom stereocenters. The number of nitrogens with zero attached hydrogens (tertiary/aromatic N) is 1. The molecule has 0 unspecified atom stereocenters. The Morgan fingerprint density at radius 1 is 1.35 bits per heavy atom. The van der Waals surface area contributed by atoms with E-state index in [0.717, 1.165) is 10.0 Å². The van der Waals surface area contributed by atoms with Gasteiger partial charge in [-0.1, -0.05) is 17.7 Å². The minimum absolute atomic E-state index is 0.338. The molecule has 0 saturated heterocycles. The Hall–Kier alpha value is -1.26. The van der Waals surface area contributed by atoms with Crippen molar-refractivity contribution in [1.29, 1.82) is 0 Å². The zero-order chi connectivity index (χ0) is 12.4. The summed E-state index contributed by atoms with van der Waals surface area (Å²) in [5.74, 6) is 1.00. The maximum absolute atomic E-state index is 5.98. The number of hydrogen-bond acceptors (Lipinski definition) is 3. The fourth-order valence-corrected chi connectivity index (χ4v) is 2.10. The van der Waals surface area contributed by atoms with Gasteiger partial charge in [0.2, 0.25) is 5.88 Å². The number of hydrogen-bond donors (Lipinski definition) is 1. The molecule has 5 heteroatoms. The van der Waals surface area contributed by atoms with Crippen LogP contribution in [-0.2, 0) is 0 Å². The van der Waals surface area contributed by atoms with Crippen LogP contribution in [0.1, 0.15) is 5.56 Å². The van der Waals surface area contributed by atoms with Crippen LogP contribution >= 0.6 is 27.5 Å². The Kier molecular flexibility index (Phi) is 3.54. The number of ether oxygens (including phenoxy) is 1. The Morgan fingerprint density at radius 3 is 2.76 bits per heavy atom. The van der Waals surface area contributed by atoms with Gasteiger partial charge in [-0.25, -0.2) is 4.98 Å².